The molecule has 1 aromatic carbocycles. The summed E-state index contributed by atoms with van der Waals surface area (Å²) >= 11 is 5.73. The molecular formula is C12H11ClN4O4. The quantitative estimate of drug-likeness (QED) is 0.618. The predicted molar refractivity (Wildman–Crippen MR) is 73.9 cm³/mol. The number of rotatable bonds is 5. The summed E-state index contributed by atoms with van der Waals surface area (Å²) in [7, 11) is 0. The Balaban J connectivity index is 2.38. The average molecular weight is 311 g/mol. The van der Waals surface area contributed by atoms with Gasteiger partial charge in [0.05, 0.1) is 11.5 Å². The number of hydrogen-bond acceptors (Lipinski definition) is 7. The predicted octanol–water partition coefficient (Wildman–Crippen LogP) is 2.93. The zero-order chi connectivity index (χ0) is 15.4. The van der Waals surface area contributed by atoms with Crippen molar-refractivity contribution >= 4 is 17.3 Å². The molecule has 0 fully saturated rings. The summed E-state index contributed by atoms with van der Waals surface area (Å²) in [6, 6.07) is 4.50. The van der Waals surface area contributed by atoms with Crippen molar-refractivity contribution in [3.8, 4) is 17.8 Å². The lowest BCUT2D eigenvalue weighted by atomic mass is 10.2. The maximum Gasteiger partial charge on any atom is 0.329 e. The Kier molecular flexibility index (Phi) is 4.49. The van der Waals surface area contributed by atoms with E-state index in [1.807, 2.05) is 0 Å². The Hall–Kier alpha value is -2.48. The van der Waals surface area contributed by atoms with Gasteiger partial charge in [0.15, 0.2) is 0 Å². The second-order valence-electron chi connectivity index (χ2n) is 3.88. The largest absolute Gasteiger partial charge is 0.464 e. The number of para-hydroxylation sites is 1. The first kappa shape index (κ1) is 14.9. The molecule has 9 heteroatoms. The van der Waals surface area contributed by atoms with Crippen LogP contribution in [-0.4, -0.2) is 26.5 Å². The molecule has 0 N–H and O–H groups in total. The van der Waals surface area contributed by atoms with E-state index in [0.717, 1.165) is 0 Å². The number of ether oxygens (including phenoxy) is 2. The van der Waals surface area contributed by atoms with Crippen LogP contribution in [0.1, 0.15) is 12.5 Å². The second-order valence-corrected chi connectivity index (χ2v) is 4.22. The lowest BCUT2D eigenvalue weighted by Crippen LogP contribution is -2.03. The third-order valence-corrected chi connectivity index (χ3v) is 2.59. The molecule has 21 heavy (non-hydrogen) atoms. The van der Waals surface area contributed by atoms with Gasteiger partial charge in [-0.25, -0.2) is 0 Å². The Labute approximate surface area is 124 Å². The minimum absolute atomic E-state index is 0.0113. The zero-order valence-electron chi connectivity index (χ0n) is 11.2. The van der Waals surface area contributed by atoms with Crippen LogP contribution in [-0.2, 0) is 0 Å². The third kappa shape index (κ3) is 3.54. The van der Waals surface area contributed by atoms with Gasteiger partial charge in [-0.3, -0.25) is 10.1 Å². The van der Waals surface area contributed by atoms with Gasteiger partial charge in [-0.05, 0) is 31.5 Å². The van der Waals surface area contributed by atoms with Crippen LogP contribution >= 0.6 is 11.6 Å². The van der Waals surface area contributed by atoms with Crippen LogP contribution in [0, 0.1) is 17.0 Å². The Morgan fingerprint density at radius 1 is 1.29 bits per heavy atom. The van der Waals surface area contributed by atoms with Crippen molar-refractivity contribution in [1.82, 2.24) is 15.0 Å². The number of aromatic nitrogens is 3. The summed E-state index contributed by atoms with van der Waals surface area (Å²) in [6.07, 6.45) is 0. The normalized spacial score (nSPS) is 10.2. The van der Waals surface area contributed by atoms with E-state index in [2.05, 4.69) is 15.0 Å². The van der Waals surface area contributed by atoms with E-state index in [1.54, 1.807) is 26.0 Å². The molecule has 0 atom stereocenters. The molecule has 0 radical (unpaired) electrons. The van der Waals surface area contributed by atoms with E-state index < -0.39 is 4.92 Å². The molecule has 0 bridgehead atoms. The monoisotopic (exact) mass is 310 g/mol. The van der Waals surface area contributed by atoms with Gasteiger partial charge in [0.2, 0.25) is 11.0 Å². The Morgan fingerprint density at radius 3 is 2.67 bits per heavy atom. The molecule has 8 nitrogen and oxygen atoms in total. The van der Waals surface area contributed by atoms with Crippen LogP contribution in [0.15, 0.2) is 18.2 Å². The number of halogens is 1. The van der Waals surface area contributed by atoms with Crippen molar-refractivity contribution in [3.63, 3.8) is 0 Å². The van der Waals surface area contributed by atoms with Crippen LogP contribution < -0.4 is 9.47 Å². The van der Waals surface area contributed by atoms with Gasteiger partial charge in [-0.1, -0.05) is 12.1 Å². The smallest absolute Gasteiger partial charge is 0.329 e. The number of benzene rings is 1. The van der Waals surface area contributed by atoms with Gasteiger partial charge >= 0.3 is 17.7 Å². The highest BCUT2D eigenvalue weighted by Crippen LogP contribution is 2.33. The molecule has 110 valence electrons. The van der Waals surface area contributed by atoms with Crippen molar-refractivity contribution < 1.29 is 14.4 Å². The van der Waals surface area contributed by atoms with Crippen molar-refractivity contribution in [2.45, 2.75) is 13.8 Å². The van der Waals surface area contributed by atoms with Crippen LogP contribution in [0.5, 0.6) is 17.8 Å². The number of nitrogens with zero attached hydrogens (tertiary/aromatic N) is 4. The maximum atomic E-state index is 11.1. The molecule has 2 rings (SSSR count). The Bertz CT molecular complexity index is 680. The fourth-order valence-electron chi connectivity index (χ4n) is 1.60. The van der Waals surface area contributed by atoms with Crippen molar-refractivity contribution in [2.24, 2.45) is 0 Å². The lowest BCUT2D eigenvalue weighted by molar-refractivity contribution is -0.386. The van der Waals surface area contributed by atoms with Crippen LogP contribution in [0.25, 0.3) is 0 Å². The first-order valence-electron chi connectivity index (χ1n) is 5.97. The molecule has 2 aromatic rings. The van der Waals surface area contributed by atoms with E-state index in [-0.39, 0.29) is 28.7 Å². The van der Waals surface area contributed by atoms with Gasteiger partial charge in [0.1, 0.15) is 0 Å². The van der Waals surface area contributed by atoms with Gasteiger partial charge in [0, 0.05) is 5.56 Å². The summed E-state index contributed by atoms with van der Waals surface area (Å²) in [4.78, 5) is 21.9. The number of aryl methyl sites for hydroxylation is 1. The number of nitro groups is 1. The average Bonchev–Trinajstić information content (AvgIpc) is 2.37. The standard InChI is InChI=1S/C12H11ClN4O4/c1-3-20-11-14-10(13)15-12(16-11)21-8-6-4-5-7(2)9(8)17(18)19/h4-6H,3H2,1-2H3. The van der Waals surface area contributed by atoms with E-state index in [9.17, 15) is 10.1 Å². The highest BCUT2D eigenvalue weighted by atomic mass is 35.5. The van der Waals surface area contributed by atoms with Crippen LogP contribution in [0.4, 0.5) is 5.69 Å². The fourth-order valence-corrected chi connectivity index (χ4v) is 1.75. The molecule has 1 aromatic heterocycles. The summed E-state index contributed by atoms with van der Waals surface area (Å²) in [6.45, 7) is 3.70. The number of nitro benzene ring substituents is 1. The molecule has 0 aliphatic rings. The van der Waals surface area contributed by atoms with E-state index in [1.165, 1.54) is 6.07 Å². The fraction of sp³-hybridized carbons (Fsp3) is 0.250. The van der Waals surface area contributed by atoms with E-state index >= 15 is 0 Å². The number of hydrogen-bond donors (Lipinski definition) is 0. The minimum Gasteiger partial charge on any atom is -0.464 e. The van der Waals surface area contributed by atoms with Crippen molar-refractivity contribution in [1.29, 1.82) is 0 Å². The molecule has 0 saturated heterocycles. The van der Waals surface area contributed by atoms with E-state index in [4.69, 9.17) is 21.1 Å². The van der Waals surface area contributed by atoms with Gasteiger partial charge < -0.3 is 9.47 Å². The Morgan fingerprint density at radius 2 is 2.00 bits per heavy atom. The minimum atomic E-state index is -0.531. The highest BCUT2D eigenvalue weighted by molar-refractivity contribution is 6.28. The topological polar surface area (TPSA) is 100 Å². The third-order valence-electron chi connectivity index (χ3n) is 2.43. The van der Waals surface area contributed by atoms with Gasteiger partial charge in [-0.2, -0.15) is 9.97 Å². The van der Waals surface area contributed by atoms with Crippen LogP contribution in [0.3, 0.4) is 0 Å². The molecule has 0 unspecified atom stereocenters. The molecule has 0 aliphatic heterocycles. The SMILES string of the molecule is CCOc1nc(Cl)nc(Oc2cccc(C)c2[N+](=O)[O-])n1. The molecule has 0 spiro atoms. The highest BCUT2D eigenvalue weighted by Gasteiger charge is 2.20. The lowest BCUT2D eigenvalue weighted by Gasteiger charge is -2.07. The molecule has 0 aliphatic carbocycles. The van der Waals surface area contributed by atoms with Gasteiger partial charge in [0.25, 0.3) is 0 Å². The first-order chi connectivity index (χ1) is 10.0. The maximum absolute atomic E-state index is 11.1. The summed E-state index contributed by atoms with van der Waals surface area (Å²) < 4.78 is 10.5. The zero-order valence-corrected chi connectivity index (χ0v) is 12.0. The van der Waals surface area contributed by atoms with Crippen molar-refractivity contribution in [2.75, 3.05) is 6.61 Å². The van der Waals surface area contributed by atoms with Crippen LogP contribution in [0.2, 0.25) is 5.28 Å². The molecular weight excluding hydrogens is 300 g/mol. The second kappa shape index (κ2) is 6.31. The molecule has 0 saturated carbocycles. The van der Waals surface area contributed by atoms with Gasteiger partial charge in [-0.15, -0.1) is 4.98 Å². The summed E-state index contributed by atoms with van der Waals surface area (Å²) in [5.74, 6) is 0.0183. The van der Waals surface area contributed by atoms with E-state index in [0.29, 0.717) is 12.2 Å². The summed E-state index contributed by atoms with van der Waals surface area (Å²) in [5, 5.41) is 11.0. The van der Waals surface area contributed by atoms with Crippen molar-refractivity contribution in [3.05, 3.63) is 39.2 Å². The molecule has 0 amide bonds. The molecule has 1 heterocycles. The first-order valence-corrected chi connectivity index (χ1v) is 6.35. The summed E-state index contributed by atoms with van der Waals surface area (Å²) in [5.41, 5.74) is 0.301.